The van der Waals surface area contributed by atoms with Gasteiger partial charge < -0.3 is 10.6 Å². The van der Waals surface area contributed by atoms with Crippen molar-refractivity contribution in [1.82, 2.24) is 15.6 Å². The fourth-order valence-electron chi connectivity index (χ4n) is 2.92. The van der Waals surface area contributed by atoms with Gasteiger partial charge in [0.25, 0.3) is 0 Å². The summed E-state index contributed by atoms with van der Waals surface area (Å²) in [5.41, 5.74) is 2.12. The van der Waals surface area contributed by atoms with Gasteiger partial charge in [0.1, 0.15) is 0 Å². The lowest BCUT2D eigenvalue weighted by Gasteiger charge is -2.23. The Kier molecular flexibility index (Phi) is 5.74. The van der Waals surface area contributed by atoms with E-state index in [9.17, 15) is 4.79 Å². The summed E-state index contributed by atoms with van der Waals surface area (Å²) in [6, 6.07) is 3.99. The van der Waals surface area contributed by atoms with Crippen LogP contribution in [-0.4, -0.2) is 24.0 Å². The molecule has 1 aliphatic heterocycles. The standard InChI is InChI=1S/C17H27N3O/c1-12(2)16(17-13(3)5-4-9-19-17)20-15(21)7-6-14-8-10-18-11-14/h4-5,9,12,14,16,18H,6-8,10-11H2,1-3H3,(H,20,21). The highest BCUT2D eigenvalue weighted by Crippen LogP contribution is 2.23. The van der Waals surface area contributed by atoms with Gasteiger partial charge in [-0.1, -0.05) is 19.9 Å². The van der Waals surface area contributed by atoms with Gasteiger partial charge in [0.2, 0.25) is 5.91 Å². The van der Waals surface area contributed by atoms with Crippen LogP contribution in [0.5, 0.6) is 0 Å². The third kappa shape index (κ3) is 4.53. The molecule has 116 valence electrons. The molecule has 21 heavy (non-hydrogen) atoms. The number of rotatable bonds is 6. The highest BCUT2D eigenvalue weighted by molar-refractivity contribution is 5.76. The van der Waals surface area contributed by atoms with Crippen LogP contribution in [0.2, 0.25) is 0 Å². The molecule has 1 saturated heterocycles. The average molecular weight is 289 g/mol. The maximum atomic E-state index is 12.2. The predicted octanol–water partition coefficient (Wildman–Crippen LogP) is 2.59. The van der Waals surface area contributed by atoms with Crippen molar-refractivity contribution >= 4 is 5.91 Å². The van der Waals surface area contributed by atoms with Crippen LogP contribution in [0.15, 0.2) is 18.3 Å². The first kappa shape index (κ1) is 16.0. The van der Waals surface area contributed by atoms with Crippen molar-refractivity contribution in [3.05, 3.63) is 29.6 Å². The van der Waals surface area contributed by atoms with E-state index in [1.54, 1.807) is 6.20 Å². The fraction of sp³-hybridized carbons (Fsp3) is 0.647. The summed E-state index contributed by atoms with van der Waals surface area (Å²) in [6.45, 7) is 8.45. The van der Waals surface area contributed by atoms with Crippen LogP contribution >= 0.6 is 0 Å². The first-order valence-electron chi connectivity index (χ1n) is 7.99. The van der Waals surface area contributed by atoms with Gasteiger partial charge in [0, 0.05) is 12.6 Å². The van der Waals surface area contributed by atoms with Crippen molar-refractivity contribution in [3.63, 3.8) is 0 Å². The van der Waals surface area contributed by atoms with E-state index in [0.29, 0.717) is 18.3 Å². The molecule has 2 N–H and O–H groups in total. The van der Waals surface area contributed by atoms with Gasteiger partial charge in [-0.25, -0.2) is 0 Å². The molecule has 4 heteroatoms. The molecule has 1 fully saturated rings. The van der Waals surface area contributed by atoms with Crippen LogP contribution in [0.3, 0.4) is 0 Å². The Morgan fingerprint density at radius 3 is 2.95 bits per heavy atom. The van der Waals surface area contributed by atoms with Gasteiger partial charge in [0.05, 0.1) is 11.7 Å². The van der Waals surface area contributed by atoms with Crippen LogP contribution in [0.25, 0.3) is 0 Å². The normalized spacial score (nSPS) is 19.7. The number of pyridine rings is 1. The molecule has 1 aromatic heterocycles. The van der Waals surface area contributed by atoms with Crippen LogP contribution in [0.4, 0.5) is 0 Å². The number of carbonyl (C=O) groups is 1. The van der Waals surface area contributed by atoms with Gasteiger partial charge >= 0.3 is 0 Å². The zero-order valence-corrected chi connectivity index (χ0v) is 13.4. The molecular formula is C17H27N3O. The summed E-state index contributed by atoms with van der Waals surface area (Å²) in [7, 11) is 0. The Labute approximate surface area is 127 Å². The van der Waals surface area contributed by atoms with E-state index < -0.39 is 0 Å². The molecule has 1 aromatic rings. The zero-order valence-electron chi connectivity index (χ0n) is 13.4. The molecule has 2 heterocycles. The summed E-state index contributed by atoms with van der Waals surface area (Å²) >= 11 is 0. The minimum atomic E-state index is 0.000373. The highest BCUT2D eigenvalue weighted by atomic mass is 16.1. The molecule has 2 atom stereocenters. The topological polar surface area (TPSA) is 54.0 Å². The number of amides is 1. The third-order valence-electron chi connectivity index (χ3n) is 4.27. The Bertz CT molecular complexity index is 467. The molecule has 0 spiro atoms. The van der Waals surface area contributed by atoms with Crippen molar-refractivity contribution < 1.29 is 4.79 Å². The smallest absolute Gasteiger partial charge is 0.220 e. The van der Waals surface area contributed by atoms with E-state index in [1.807, 2.05) is 19.1 Å². The van der Waals surface area contributed by atoms with Crippen LogP contribution in [0, 0.1) is 18.8 Å². The van der Waals surface area contributed by atoms with Crippen molar-refractivity contribution in [3.8, 4) is 0 Å². The van der Waals surface area contributed by atoms with E-state index in [4.69, 9.17) is 0 Å². The van der Waals surface area contributed by atoms with E-state index in [0.717, 1.165) is 30.8 Å². The van der Waals surface area contributed by atoms with Crippen molar-refractivity contribution in [1.29, 1.82) is 0 Å². The molecular weight excluding hydrogens is 262 g/mol. The second kappa shape index (κ2) is 7.55. The zero-order chi connectivity index (χ0) is 15.2. The lowest BCUT2D eigenvalue weighted by Crippen LogP contribution is -2.33. The number of aryl methyl sites for hydroxylation is 1. The number of aromatic nitrogens is 1. The molecule has 4 nitrogen and oxygen atoms in total. The summed E-state index contributed by atoms with van der Waals surface area (Å²) in [5, 5.41) is 6.52. The molecule has 0 saturated carbocycles. The fourth-order valence-corrected chi connectivity index (χ4v) is 2.92. The van der Waals surface area contributed by atoms with Crippen LogP contribution in [-0.2, 0) is 4.79 Å². The summed E-state index contributed by atoms with van der Waals surface area (Å²) < 4.78 is 0. The molecule has 2 unspecified atom stereocenters. The van der Waals surface area contributed by atoms with Crippen molar-refractivity contribution in [2.75, 3.05) is 13.1 Å². The van der Waals surface area contributed by atoms with Gasteiger partial charge in [-0.3, -0.25) is 9.78 Å². The minimum absolute atomic E-state index is 0.000373. The number of nitrogens with one attached hydrogen (secondary N) is 2. The molecule has 2 rings (SSSR count). The van der Waals surface area contributed by atoms with Crippen LogP contribution < -0.4 is 10.6 Å². The molecule has 1 amide bonds. The van der Waals surface area contributed by atoms with Gasteiger partial charge in [-0.05, 0) is 56.3 Å². The van der Waals surface area contributed by atoms with Crippen molar-refractivity contribution in [2.24, 2.45) is 11.8 Å². The molecule has 0 aromatic carbocycles. The van der Waals surface area contributed by atoms with E-state index in [1.165, 1.54) is 6.42 Å². The number of carbonyl (C=O) groups excluding carboxylic acids is 1. The maximum Gasteiger partial charge on any atom is 0.220 e. The Balaban J connectivity index is 1.93. The summed E-state index contributed by atoms with van der Waals surface area (Å²) in [4.78, 5) is 16.7. The molecule has 0 bridgehead atoms. The van der Waals surface area contributed by atoms with E-state index >= 15 is 0 Å². The lowest BCUT2D eigenvalue weighted by molar-refractivity contribution is -0.122. The molecule has 0 aliphatic carbocycles. The summed E-state index contributed by atoms with van der Waals surface area (Å²) in [5.74, 6) is 1.13. The number of nitrogens with zero attached hydrogens (tertiary/aromatic N) is 1. The van der Waals surface area contributed by atoms with Gasteiger partial charge in [0.15, 0.2) is 0 Å². The summed E-state index contributed by atoms with van der Waals surface area (Å²) in [6.07, 6.45) is 4.58. The van der Waals surface area contributed by atoms with Gasteiger partial charge in [-0.15, -0.1) is 0 Å². The molecule has 0 radical (unpaired) electrons. The molecule has 1 aliphatic rings. The third-order valence-corrected chi connectivity index (χ3v) is 4.27. The lowest BCUT2D eigenvalue weighted by atomic mass is 9.96. The Morgan fingerprint density at radius 1 is 1.52 bits per heavy atom. The van der Waals surface area contributed by atoms with E-state index in [-0.39, 0.29) is 11.9 Å². The SMILES string of the molecule is Cc1cccnc1C(NC(=O)CCC1CCNC1)C(C)C. The largest absolute Gasteiger partial charge is 0.347 e. The predicted molar refractivity (Wildman–Crippen MR) is 84.9 cm³/mol. The first-order chi connectivity index (χ1) is 10.1. The number of hydrogen-bond acceptors (Lipinski definition) is 3. The second-order valence-electron chi connectivity index (χ2n) is 6.39. The van der Waals surface area contributed by atoms with Gasteiger partial charge in [-0.2, -0.15) is 0 Å². The second-order valence-corrected chi connectivity index (χ2v) is 6.39. The monoisotopic (exact) mass is 289 g/mol. The Hall–Kier alpha value is -1.42. The first-order valence-corrected chi connectivity index (χ1v) is 7.99. The van der Waals surface area contributed by atoms with Crippen LogP contribution in [0.1, 0.15) is 50.4 Å². The average Bonchev–Trinajstić information content (AvgIpc) is 2.96. The van der Waals surface area contributed by atoms with Crippen molar-refractivity contribution in [2.45, 2.75) is 46.1 Å². The minimum Gasteiger partial charge on any atom is -0.347 e. The number of hydrogen-bond donors (Lipinski definition) is 2. The Morgan fingerprint density at radius 2 is 2.33 bits per heavy atom. The maximum absolute atomic E-state index is 12.2. The van der Waals surface area contributed by atoms with E-state index in [2.05, 4.69) is 29.5 Å². The quantitative estimate of drug-likeness (QED) is 0.846. The highest BCUT2D eigenvalue weighted by Gasteiger charge is 2.22.